The Morgan fingerprint density at radius 1 is 1.57 bits per heavy atom. The zero-order chi connectivity index (χ0) is 10.4. The van der Waals surface area contributed by atoms with Gasteiger partial charge in [-0.3, -0.25) is 10.1 Å². The average molecular weight is 188 g/mol. The third kappa shape index (κ3) is 3.28. The molecule has 0 aliphatic carbocycles. The van der Waals surface area contributed by atoms with Crippen molar-refractivity contribution in [3.05, 3.63) is 35.4 Å². The molecule has 1 N–H and O–H groups in total. The molecule has 0 saturated heterocycles. The van der Waals surface area contributed by atoms with E-state index < -0.39 is 0 Å². The number of rotatable bonds is 3. The Bertz CT molecular complexity index is 366. The van der Waals surface area contributed by atoms with Crippen LogP contribution in [0, 0.1) is 18.4 Å². The van der Waals surface area contributed by atoms with Crippen molar-refractivity contribution in [3.63, 3.8) is 0 Å². The van der Waals surface area contributed by atoms with Crippen molar-refractivity contribution in [1.29, 1.82) is 5.26 Å². The second-order valence-electron chi connectivity index (χ2n) is 3.15. The van der Waals surface area contributed by atoms with Gasteiger partial charge in [0, 0.05) is 6.42 Å². The zero-order valence-electron chi connectivity index (χ0n) is 8.08. The molecule has 0 radical (unpaired) electrons. The number of carbonyl (C=O) groups excluding carboxylic acids is 1. The first kappa shape index (κ1) is 10.3. The van der Waals surface area contributed by atoms with E-state index in [0.29, 0.717) is 12.8 Å². The number of hydrogen-bond donors (Lipinski definition) is 1. The number of amides is 1. The van der Waals surface area contributed by atoms with E-state index in [2.05, 4.69) is 5.32 Å². The van der Waals surface area contributed by atoms with Crippen LogP contribution in [0.3, 0.4) is 0 Å². The van der Waals surface area contributed by atoms with Gasteiger partial charge in [0.15, 0.2) is 6.19 Å². The molecule has 0 aliphatic heterocycles. The van der Waals surface area contributed by atoms with Crippen LogP contribution in [0.1, 0.15) is 17.5 Å². The summed E-state index contributed by atoms with van der Waals surface area (Å²) in [6.45, 7) is 2.01. The Hall–Kier alpha value is -1.82. The second-order valence-corrected chi connectivity index (χ2v) is 3.15. The monoisotopic (exact) mass is 188 g/mol. The number of benzene rings is 1. The minimum absolute atomic E-state index is 0.228. The molecule has 1 rings (SSSR count). The van der Waals surface area contributed by atoms with Crippen molar-refractivity contribution in [1.82, 2.24) is 5.32 Å². The van der Waals surface area contributed by atoms with Crippen LogP contribution in [-0.4, -0.2) is 5.91 Å². The van der Waals surface area contributed by atoms with Crippen LogP contribution in [-0.2, 0) is 11.2 Å². The molecule has 3 nitrogen and oxygen atoms in total. The highest BCUT2D eigenvalue weighted by atomic mass is 16.1. The Kier molecular flexibility index (Phi) is 3.69. The van der Waals surface area contributed by atoms with E-state index in [4.69, 9.17) is 5.26 Å². The number of nitrogens with one attached hydrogen (secondary N) is 1. The average Bonchev–Trinajstić information content (AvgIpc) is 2.15. The first-order chi connectivity index (χ1) is 6.72. The maximum Gasteiger partial charge on any atom is 0.233 e. The summed E-state index contributed by atoms with van der Waals surface area (Å²) < 4.78 is 0. The smallest absolute Gasteiger partial charge is 0.233 e. The maximum absolute atomic E-state index is 11.0. The molecule has 0 heterocycles. The molecule has 0 fully saturated rings. The molecular weight excluding hydrogens is 176 g/mol. The molecule has 1 amide bonds. The summed E-state index contributed by atoms with van der Waals surface area (Å²) in [6, 6.07) is 8.00. The van der Waals surface area contributed by atoms with Gasteiger partial charge >= 0.3 is 0 Å². The van der Waals surface area contributed by atoms with Gasteiger partial charge < -0.3 is 0 Å². The summed E-state index contributed by atoms with van der Waals surface area (Å²) in [5.41, 5.74) is 2.31. The van der Waals surface area contributed by atoms with Crippen LogP contribution < -0.4 is 5.32 Å². The summed E-state index contributed by atoms with van der Waals surface area (Å²) in [5.74, 6) is -0.228. The molecule has 1 aromatic carbocycles. The van der Waals surface area contributed by atoms with E-state index in [1.807, 2.05) is 31.2 Å². The minimum atomic E-state index is -0.228. The van der Waals surface area contributed by atoms with Crippen molar-refractivity contribution in [2.45, 2.75) is 19.8 Å². The van der Waals surface area contributed by atoms with Crippen LogP contribution in [0.15, 0.2) is 24.3 Å². The Balaban J connectivity index is 2.46. The molecule has 3 heteroatoms. The molecule has 0 aromatic heterocycles. The highest BCUT2D eigenvalue weighted by molar-refractivity contribution is 5.77. The van der Waals surface area contributed by atoms with Crippen molar-refractivity contribution in [3.8, 4) is 6.19 Å². The molecule has 0 bridgehead atoms. The number of carbonyl (C=O) groups is 1. The Morgan fingerprint density at radius 3 is 3.00 bits per heavy atom. The molecule has 0 spiro atoms. The number of hydrogen-bond acceptors (Lipinski definition) is 2. The normalized spacial score (nSPS) is 9.14. The Labute approximate surface area is 83.4 Å². The molecule has 0 saturated carbocycles. The molecule has 0 aliphatic rings. The van der Waals surface area contributed by atoms with Crippen LogP contribution in [0.25, 0.3) is 0 Å². The van der Waals surface area contributed by atoms with Gasteiger partial charge in [-0.15, -0.1) is 0 Å². The number of aryl methyl sites for hydroxylation is 2. The van der Waals surface area contributed by atoms with Gasteiger partial charge in [0.05, 0.1) is 0 Å². The second kappa shape index (κ2) is 5.03. The van der Waals surface area contributed by atoms with Crippen LogP contribution in [0.5, 0.6) is 0 Å². The van der Waals surface area contributed by atoms with Crippen LogP contribution in [0.4, 0.5) is 0 Å². The maximum atomic E-state index is 11.0. The lowest BCUT2D eigenvalue weighted by atomic mass is 10.1. The van der Waals surface area contributed by atoms with Crippen molar-refractivity contribution >= 4 is 5.91 Å². The fourth-order valence-corrected chi connectivity index (χ4v) is 1.25. The molecular formula is C11H12N2O. The topological polar surface area (TPSA) is 52.9 Å². The summed E-state index contributed by atoms with van der Waals surface area (Å²) in [6.07, 6.45) is 2.65. The fourth-order valence-electron chi connectivity index (χ4n) is 1.25. The van der Waals surface area contributed by atoms with Gasteiger partial charge in [0.2, 0.25) is 5.91 Å². The largest absolute Gasteiger partial charge is 0.274 e. The number of nitrogens with zero attached hydrogens (tertiary/aromatic N) is 1. The highest BCUT2D eigenvalue weighted by Crippen LogP contribution is 2.06. The molecule has 72 valence electrons. The van der Waals surface area contributed by atoms with Gasteiger partial charge in [-0.25, -0.2) is 0 Å². The van der Waals surface area contributed by atoms with Crippen LogP contribution in [0.2, 0.25) is 0 Å². The van der Waals surface area contributed by atoms with Crippen molar-refractivity contribution < 1.29 is 4.79 Å². The summed E-state index contributed by atoms with van der Waals surface area (Å²) in [7, 11) is 0. The minimum Gasteiger partial charge on any atom is -0.274 e. The first-order valence-electron chi connectivity index (χ1n) is 4.46. The van der Waals surface area contributed by atoms with E-state index in [1.165, 1.54) is 5.56 Å². The fraction of sp³-hybridized carbons (Fsp3) is 0.273. The first-order valence-corrected chi connectivity index (χ1v) is 4.46. The van der Waals surface area contributed by atoms with E-state index in [1.54, 1.807) is 6.19 Å². The number of nitriles is 1. The zero-order valence-corrected chi connectivity index (χ0v) is 8.08. The SMILES string of the molecule is Cc1cccc(CCC(=O)NC#N)c1. The predicted octanol–water partition coefficient (Wildman–Crippen LogP) is 1.52. The van der Waals surface area contributed by atoms with Gasteiger partial charge in [-0.1, -0.05) is 29.8 Å². The van der Waals surface area contributed by atoms with Gasteiger partial charge in [0.25, 0.3) is 0 Å². The van der Waals surface area contributed by atoms with E-state index in [9.17, 15) is 4.79 Å². The molecule has 0 unspecified atom stereocenters. The summed E-state index contributed by atoms with van der Waals surface area (Å²) in [4.78, 5) is 11.0. The Morgan fingerprint density at radius 2 is 2.36 bits per heavy atom. The third-order valence-electron chi connectivity index (χ3n) is 1.92. The third-order valence-corrected chi connectivity index (χ3v) is 1.92. The van der Waals surface area contributed by atoms with Crippen molar-refractivity contribution in [2.75, 3.05) is 0 Å². The summed E-state index contributed by atoms with van der Waals surface area (Å²) >= 11 is 0. The van der Waals surface area contributed by atoms with Gasteiger partial charge in [0.1, 0.15) is 0 Å². The quantitative estimate of drug-likeness (QED) is 0.577. The summed E-state index contributed by atoms with van der Waals surface area (Å²) in [5, 5.41) is 10.3. The predicted molar refractivity (Wildman–Crippen MR) is 53.3 cm³/mol. The van der Waals surface area contributed by atoms with E-state index >= 15 is 0 Å². The van der Waals surface area contributed by atoms with Gasteiger partial charge in [-0.05, 0) is 18.9 Å². The van der Waals surface area contributed by atoms with E-state index in [-0.39, 0.29) is 5.91 Å². The lowest BCUT2D eigenvalue weighted by molar-refractivity contribution is -0.119. The lowest BCUT2D eigenvalue weighted by Crippen LogP contribution is -2.17. The molecule has 0 atom stereocenters. The van der Waals surface area contributed by atoms with E-state index in [0.717, 1.165) is 5.56 Å². The highest BCUT2D eigenvalue weighted by Gasteiger charge is 2.00. The van der Waals surface area contributed by atoms with Gasteiger partial charge in [-0.2, -0.15) is 5.26 Å². The lowest BCUT2D eigenvalue weighted by Gasteiger charge is -2.00. The van der Waals surface area contributed by atoms with Crippen molar-refractivity contribution in [2.24, 2.45) is 0 Å². The molecule has 14 heavy (non-hydrogen) atoms. The molecule has 1 aromatic rings. The standard InChI is InChI=1S/C11H12N2O/c1-9-3-2-4-10(7-9)5-6-11(14)13-8-12/h2-4,7H,5-6H2,1H3,(H,13,14). The van der Waals surface area contributed by atoms with Crippen LogP contribution >= 0.6 is 0 Å².